The van der Waals surface area contributed by atoms with E-state index < -0.39 is 0 Å². The molecule has 148 valence electrons. The van der Waals surface area contributed by atoms with Crippen LogP contribution in [0, 0.1) is 0 Å². The van der Waals surface area contributed by atoms with Gasteiger partial charge in [0.2, 0.25) is 0 Å². The van der Waals surface area contributed by atoms with E-state index in [4.69, 9.17) is 16.3 Å². The topological polar surface area (TPSA) is 72.2 Å². The normalized spacial score (nSPS) is 22.9. The number of aliphatic hydroxyl groups excluding tert-OH is 1. The number of rotatable bonds is 4. The molecule has 6 nitrogen and oxygen atoms in total. The Morgan fingerprint density at radius 3 is 2.78 bits per heavy atom. The fourth-order valence-corrected chi connectivity index (χ4v) is 4.22. The summed E-state index contributed by atoms with van der Waals surface area (Å²) < 4.78 is 8.11. The SMILES string of the molecule is CC(CO)OC1CCC(c2nnc3n2-c2ccc(Cl)cc2CNC3)CC1.Cl. The molecule has 1 aliphatic heterocycles. The lowest BCUT2D eigenvalue weighted by Crippen LogP contribution is -2.27. The molecule has 1 unspecified atom stereocenters. The number of aliphatic hydroxyl groups is 1. The van der Waals surface area contributed by atoms with Crippen LogP contribution in [0.4, 0.5) is 0 Å². The lowest BCUT2D eigenvalue weighted by atomic mass is 9.86. The van der Waals surface area contributed by atoms with Crippen LogP contribution in [0.3, 0.4) is 0 Å². The molecular weight excluding hydrogens is 387 g/mol. The molecule has 1 saturated carbocycles. The van der Waals surface area contributed by atoms with Crippen LogP contribution in [-0.2, 0) is 17.8 Å². The second kappa shape index (κ2) is 8.88. The third-order valence-electron chi connectivity index (χ3n) is 5.36. The molecule has 2 heterocycles. The highest BCUT2D eigenvalue weighted by Crippen LogP contribution is 2.36. The van der Waals surface area contributed by atoms with Gasteiger partial charge >= 0.3 is 0 Å². The van der Waals surface area contributed by atoms with Crippen LogP contribution in [0.2, 0.25) is 5.02 Å². The average Bonchev–Trinajstić information content (AvgIpc) is 2.98. The summed E-state index contributed by atoms with van der Waals surface area (Å²) in [6.07, 6.45) is 4.16. The Morgan fingerprint density at radius 2 is 2.04 bits per heavy atom. The first-order valence-corrected chi connectivity index (χ1v) is 9.73. The molecule has 0 radical (unpaired) electrons. The first-order valence-electron chi connectivity index (χ1n) is 9.35. The van der Waals surface area contributed by atoms with Gasteiger partial charge in [0.05, 0.1) is 31.0 Å². The third-order valence-corrected chi connectivity index (χ3v) is 5.59. The molecule has 2 N–H and O–H groups in total. The Morgan fingerprint density at radius 1 is 1.26 bits per heavy atom. The molecule has 8 heteroatoms. The van der Waals surface area contributed by atoms with E-state index in [0.29, 0.717) is 12.5 Å². The summed E-state index contributed by atoms with van der Waals surface area (Å²) >= 11 is 6.19. The smallest absolute Gasteiger partial charge is 0.151 e. The number of nitrogens with zero attached hydrogens (tertiary/aromatic N) is 3. The van der Waals surface area contributed by atoms with Crippen LogP contribution < -0.4 is 5.32 Å². The predicted octanol–water partition coefficient (Wildman–Crippen LogP) is 3.37. The summed E-state index contributed by atoms with van der Waals surface area (Å²) in [5.41, 5.74) is 2.30. The summed E-state index contributed by atoms with van der Waals surface area (Å²) in [6.45, 7) is 3.47. The average molecular weight is 413 g/mol. The van der Waals surface area contributed by atoms with E-state index >= 15 is 0 Å². The van der Waals surface area contributed by atoms with Crippen molar-refractivity contribution in [1.82, 2.24) is 20.1 Å². The fourth-order valence-electron chi connectivity index (χ4n) is 4.02. The number of ether oxygens (including phenoxy) is 1. The number of fused-ring (bicyclic) bond motifs is 3. The Balaban J connectivity index is 0.00000210. The minimum absolute atomic E-state index is 0. The van der Waals surface area contributed by atoms with Gasteiger partial charge in [-0.25, -0.2) is 0 Å². The molecule has 1 aromatic carbocycles. The van der Waals surface area contributed by atoms with Gasteiger partial charge in [0.15, 0.2) is 5.82 Å². The van der Waals surface area contributed by atoms with Gasteiger partial charge < -0.3 is 15.2 Å². The first-order chi connectivity index (χ1) is 12.7. The van der Waals surface area contributed by atoms with Crippen molar-refractivity contribution in [3.8, 4) is 5.69 Å². The summed E-state index contributed by atoms with van der Waals surface area (Å²) in [6, 6.07) is 6.02. The highest BCUT2D eigenvalue weighted by Gasteiger charge is 2.30. The van der Waals surface area contributed by atoms with Crippen LogP contribution in [0.1, 0.15) is 55.7 Å². The number of nitrogens with one attached hydrogen (secondary N) is 1. The number of halogens is 2. The second-order valence-corrected chi connectivity index (χ2v) is 7.73. The summed E-state index contributed by atoms with van der Waals surface area (Å²) in [5.74, 6) is 2.37. The molecule has 0 amide bonds. The van der Waals surface area contributed by atoms with E-state index in [-0.39, 0.29) is 31.2 Å². The van der Waals surface area contributed by atoms with Crippen molar-refractivity contribution >= 4 is 24.0 Å². The Bertz CT molecular complexity index is 775. The molecule has 1 atom stereocenters. The van der Waals surface area contributed by atoms with E-state index in [0.717, 1.165) is 54.6 Å². The maximum atomic E-state index is 9.18. The number of hydrogen-bond acceptors (Lipinski definition) is 5. The van der Waals surface area contributed by atoms with Crippen molar-refractivity contribution in [2.24, 2.45) is 0 Å². The third kappa shape index (κ3) is 4.30. The quantitative estimate of drug-likeness (QED) is 0.804. The Hall–Kier alpha value is -1.18. The van der Waals surface area contributed by atoms with Crippen molar-refractivity contribution in [2.45, 2.75) is 63.8 Å². The zero-order valence-electron chi connectivity index (χ0n) is 15.4. The lowest BCUT2D eigenvalue weighted by molar-refractivity contribution is -0.0460. The molecule has 0 bridgehead atoms. The van der Waals surface area contributed by atoms with Gasteiger partial charge in [-0.1, -0.05) is 11.6 Å². The van der Waals surface area contributed by atoms with E-state index in [1.807, 2.05) is 19.1 Å². The molecular formula is C19H26Cl2N4O2. The largest absolute Gasteiger partial charge is 0.394 e. The lowest BCUT2D eigenvalue weighted by Gasteiger charge is -2.30. The number of aromatic nitrogens is 3. The summed E-state index contributed by atoms with van der Waals surface area (Å²) in [5, 5.41) is 22.3. The van der Waals surface area contributed by atoms with Crippen LogP contribution in [0.5, 0.6) is 0 Å². The predicted molar refractivity (Wildman–Crippen MR) is 107 cm³/mol. The van der Waals surface area contributed by atoms with Crippen LogP contribution >= 0.6 is 24.0 Å². The summed E-state index contributed by atoms with van der Waals surface area (Å²) in [4.78, 5) is 0. The van der Waals surface area contributed by atoms with Gasteiger partial charge in [-0.2, -0.15) is 0 Å². The van der Waals surface area contributed by atoms with Gasteiger partial charge in [0.1, 0.15) is 5.82 Å². The minimum atomic E-state index is -0.0939. The maximum absolute atomic E-state index is 9.18. The minimum Gasteiger partial charge on any atom is -0.394 e. The molecule has 0 spiro atoms. The van der Waals surface area contributed by atoms with E-state index in [9.17, 15) is 5.11 Å². The zero-order chi connectivity index (χ0) is 18.1. The van der Waals surface area contributed by atoms with E-state index in [1.165, 1.54) is 5.56 Å². The highest BCUT2D eigenvalue weighted by atomic mass is 35.5. The first kappa shape index (κ1) is 20.6. The van der Waals surface area contributed by atoms with Crippen molar-refractivity contribution in [3.05, 3.63) is 40.4 Å². The number of benzene rings is 1. The monoisotopic (exact) mass is 412 g/mol. The van der Waals surface area contributed by atoms with Crippen LogP contribution in [-0.4, -0.2) is 38.7 Å². The van der Waals surface area contributed by atoms with Gasteiger partial charge in [-0.15, -0.1) is 22.6 Å². The maximum Gasteiger partial charge on any atom is 0.151 e. The molecule has 2 aromatic rings. The Labute approximate surface area is 170 Å². The molecule has 1 aliphatic carbocycles. The molecule has 0 saturated heterocycles. The standard InChI is InChI=1S/C19H25ClN4O2.ClH/c1-12(11-25)26-16-5-2-13(3-6-16)19-23-22-18-10-21-9-14-8-15(20)4-7-17(14)24(18)19;/h4,7-8,12-13,16,21,25H,2-3,5-6,9-11H2,1H3;1H. The fraction of sp³-hybridized carbons (Fsp3) is 0.579. The van der Waals surface area contributed by atoms with Crippen molar-refractivity contribution in [3.63, 3.8) is 0 Å². The second-order valence-electron chi connectivity index (χ2n) is 7.29. The van der Waals surface area contributed by atoms with Crippen molar-refractivity contribution in [2.75, 3.05) is 6.61 Å². The van der Waals surface area contributed by atoms with Gasteiger partial charge in [-0.05, 0) is 56.4 Å². The highest BCUT2D eigenvalue weighted by molar-refractivity contribution is 6.30. The molecule has 2 aliphatic rings. The van der Waals surface area contributed by atoms with Crippen molar-refractivity contribution < 1.29 is 9.84 Å². The van der Waals surface area contributed by atoms with Crippen LogP contribution in [0.25, 0.3) is 5.69 Å². The molecule has 1 aromatic heterocycles. The molecule has 1 fully saturated rings. The van der Waals surface area contributed by atoms with Gasteiger partial charge in [-0.3, -0.25) is 4.57 Å². The molecule has 4 rings (SSSR count). The number of hydrogen-bond donors (Lipinski definition) is 2. The van der Waals surface area contributed by atoms with Crippen LogP contribution in [0.15, 0.2) is 18.2 Å². The van der Waals surface area contributed by atoms with Gasteiger partial charge in [0, 0.05) is 17.5 Å². The van der Waals surface area contributed by atoms with Crippen molar-refractivity contribution in [1.29, 1.82) is 0 Å². The van der Waals surface area contributed by atoms with E-state index in [2.05, 4.69) is 26.1 Å². The van der Waals surface area contributed by atoms with E-state index in [1.54, 1.807) is 0 Å². The zero-order valence-corrected chi connectivity index (χ0v) is 17.0. The molecule has 27 heavy (non-hydrogen) atoms. The van der Waals surface area contributed by atoms with Gasteiger partial charge in [0.25, 0.3) is 0 Å². The Kier molecular flexibility index (Phi) is 6.76. The summed E-state index contributed by atoms with van der Waals surface area (Å²) in [7, 11) is 0.